The maximum atomic E-state index is 11.1. The molecule has 0 spiro atoms. The molecule has 2 atom stereocenters. The molecule has 1 unspecified atom stereocenters. The Kier molecular flexibility index (Phi) is 5.70. The molecule has 0 aromatic heterocycles. The van der Waals surface area contributed by atoms with E-state index in [1.165, 1.54) is 0 Å². The molecule has 0 heterocycles. The van der Waals surface area contributed by atoms with Crippen LogP contribution in [0.3, 0.4) is 0 Å². The van der Waals surface area contributed by atoms with Crippen molar-refractivity contribution in [3.8, 4) is 0 Å². The van der Waals surface area contributed by atoms with Crippen LogP contribution in [0.1, 0.15) is 12.5 Å². The summed E-state index contributed by atoms with van der Waals surface area (Å²) < 4.78 is 5.37. The van der Waals surface area contributed by atoms with Gasteiger partial charge in [0.15, 0.2) is 6.10 Å². The minimum atomic E-state index is -1.05. The van der Waals surface area contributed by atoms with Crippen LogP contribution in [0.5, 0.6) is 0 Å². The van der Waals surface area contributed by atoms with E-state index < -0.39 is 12.1 Å². The summed E-state index contributed by atoms with van der Waals surface area (Å²) >= 11 is 0. The number of carbonyl (C=O) groups is 1. The van der Waals surface area contributed by atoms with Crippen LogP contribution in [0.4, 0.5) is 0 Å². The second kappa shape index (κ2) is 7.32. The summed E-state index contributed by atoms with van der Waals surface area (Å²) in [5.41, 5.74) is 9.12. The topological polar surface area (TPSA) is 95.3 Å². The highest BCUT2D eigenvalue weighted by molar-refractivity contribution is 5.72. The van der Waals surface area contributed by atoms with E-state index >= 15 is 0 Å². The fraction of sp³-hybridized carbons (Fsp3) is 0.417. The highest BCUT2D eigenvalue weighted by atomic mass is 16.5. The van der Waals surface area contributed by atoms with Crippen molar-refractivity contribution in [1.82, 2.24) is 0 Å². The first-order valence-corrected chi connectivity index (χ1v) is 5.54. The quantitative estimate of drug-likeness (QED) is 0.457. The summed E-state index contributed by atoms with van der Waals surface area (Å²) in [6.07, 6.45) is -0.976. The number of aliphatic carboxylic acids is 1. The summed E-state index contributed by atoms with van der Waals surface area (Å²) in [4.78, 5) is 13.7. The number of hydrogen-bond donors (Lipinski definition) is 1. The Morgan fingerprint density at radius 3 is 2.72 bits per heavy atom. The summed E-state index contributed by atoms with van der Waals surface area (Å²) in [5.74, 6) is -1.42. The molecular weight excluding hydrogens is 234 g/mol. The molecule has 6 heteroatoms. The van der Waals surface area contributed by atoms with E-state index in [4.69, 9.17) is 15.4 Å². The van der Waals surface area contributed by atoms with E-state index in [-0.39, 0.29) is 19.1 Å². The lowest BCUT2D eigenvalue weighted by molar-refractivity contribution is -0.154. The number of nitrogens with zero attached hydrogens (tertiary/aromatic N) is 3. The molecule has 0 aliphatic heterocycles. The molecule has 0 radical (unpaired) electrons. The summed E-state index contributed by atoms with van der Waals surface area (Å²) in [7, 11) is 0. The second-order valence-corrected chi connectivity index (χ2v) is 3.95. The predicted molar refractivity (Wildman–Crippen MR) is 65.8 cm³/mol. The summed E-state index contributed by atoms with van der Waals surface area (Å²) in [6.45, 7) is 2.00. The van der Waals surface area contributed by atoms with Crippen molar-refractivity contribution >= 4 is 5.97 Å². The van der Waals surface area contributed by atoms with Gasteiger partial charge in [-0.25, -0.2) is 4.79 Å². The van der Waals surface area contributed by atoms with Crippen molar-refractivity contribution in [3.63, 3.8) is 0 Å². The molecule has 0 bridgehead atoms. The van der Waals surface area contributed by atoms with Crippen LogP contribution in [0.2, 0.25) is 0 Å². The zero-order valence-corrected chi connectivity index (χ0v) is 10.1. The third-order valence-corrected chi connectivity index (χ3v) is 2.47. The molecule has 1 aromatic rings. The average molecular weight is 249 g/mol. The molecule has 1 rings (SSSR count). The van der Waals surface area contributed by atoms with Gasteiger partial charge in [0, 0.05) is 11.5 Å². The Morgan fingerprint density at radius 1 is 1.50 bits per heavy atom. The maximum Gasteiger partial charge on any atom is 0.333 e. The van der Waals surface area contributed by atoms with Gasteiger partial charge >= 0.3 is 5.97 Å². The first kappa shape index (κ1) is 14.0. The monoisotopic (exact) mass is 249 g/mol. The first-order valence-electron chi connectivity index (χ1n) is 5.54. The van der Waals surface area contributed by atoms with Crippen LogP contribution in [0, 0.1) is 5.92 Å². The number of ether oxygens (including phenoxy) is 1. The van der Waals surface area contributed by atoms with Gasteiger partial charge in [0.2, 0.25) is 0 Å². The van der Waals surface area contributed by atoms with Gasteiger partial charge < -0.3 is 9.84 Å². The third kappa shape index (κ3) is 4.45. The van der Waals surface area contributed by atoms with Gasteiger partial charge in [-0.15, -0.1) is 0 Å². The van der Waals surface area contributed by atoms with Crippen molar-refractivity contribution in [1.29, 1.82) is 0 Å². The number of carboxylic acid groups (broad SMARTS) is 1. The minimum Gasteiger partial charge on any atom is -0.479 e. The zero-order chi connectivity index (χ0) is 13.4. The second-order valence-electron chi connectivity index (χ2n) is 3.95. The van der Waals surface area contributed by atoms with Gasteiger partial charge in [-0.3, -0.25) is 0 Å². The molecular formula is C12H15N3O3. The number of benzene rings is 1. The molecule has 0 amide bonds. The maximum absolute atomic E-state index is 11.1. The predicted octanol–water partition coefficient (Wildman–Crippen LogP) is 2.60. The van der Waals surface area contributed by atoms with Crippen molar-refractivity contribution in [3.05, 3.63) is 46.3 Å². The lowest BCUT2D eigenvalue weighted by Crippen LogP contribution is -2.32. The van der Waals surface area contributed by atoms with E-state index in [1.54, 1.807) is 6.92 Å². The van der Waals surface area contributed by atoms with Crippen LogP contribution in [-0.4, -0.2) is 23.7 Å². The SMILES string of the molecule is CC(CN=[N+]=[N-])[C@H](OCc1ccccc1)C(=O)O. The largest absolute Gasteiger partial charge is 0.479 e. The smallest absolute Gasteiger partial charge is 0.333 e. The molecule has 6 nitrogen and oxygen atoms in total. The molecule has 1 aromatic carbocycles. The Hall–Kier alpha value is -2.04. The molecule has 0 saturated heterocycles. The Morgan fingerprint density at radius 2 is 2.17 bits per heavy atom. The molecule has 0 fully saturated rings. The van der Waals surface area contributed by atoms with Crippen molar-refractivity contribution < 1.29 is 14.6 Å². The van der Waals surface area contributed by atoms with Crippen molar-refractivity contribution in [2.75, 3.05) is 6.54 Å². The van der Waals surface area contributed by atoms with Crippen LogP contribution in [0.25, 0.3) is 10.4 Å². The average Bonchev–Trinajstić information content (AvgIpc) is 2.37. The molecule has 0 aliphatic carbocycles. The van der Waals surface area contributed by atoms with Gasteiger partial charge in [-0.1, -0.05) is 42.4 Å². The third-order valence-electron chi connectivity index (χ3n) is 2.47. The van der Waals surface area contributed by atoms with Gasteiger partial charge in [0.25, 0.3) is 0 Å². The van der Waals surface area contributed by atoms with E-state index in [0.717, 1.165) is 5.56 Å². The first-order chi connectivity index (χ1) is 8.65. The normalized spacial score (nSPS) is 13.4. The minimum absolute atomic E-state index is 0.0995. The zero-order valence-electron chi connectivity index (χ0n) is 10.1. The van der Waals surface area contributed by atoms with Gasteiger partial charge in [0.1, 0.15) is 0 Å². The number of rotatable bonds is 7. The lowest BCUT2D eigenvalue weighted by atomic mass is 10.1. The van der Waals surface area contributed by atoms with Gasteiger partial charge in [-0.05, 0) is 17.0 Å². The van der Waals surface area contributed by atoms with E-state index in [2.05, 4.69) is 10.0 Å². The molecule has 0 saturated carbocycles. The number of hydrogen-bond acceptors (Lipinski definition) is 3. The standard InChI is InChI=1S/C12H15N3O3/c1-9(7-14-15-13)11(12(16)17)18-8-10-5-3-2-4-6-10/h2-6,9,11H,7-8H2,1H3,(H,16,17)/t9?,11-/m0/s1. The molecule has 18 heavy (non-hydrogen) atoms. The highest BCUT2D eigenvalue weighted by Gasteiger charge is 2.24. The van der Waals surface area contributed by atoms with Crippen LogP contribution in [-0.2, 0) is 16.1 Å². The van der Waals surface area contributed by atoms with Crippen molar-refractivity contribution in [2.24, 2.45) is 11.0 Å². The lowest BCUT2D eigenvalue weighted by Gasteiger charge is -2.19. The van der Waals surface area contributed by atoms with Crippen LogP contribution < -0.4 is 0 Å². The molecule has 1 N–H and O–H groups in total. The fourth-order valence-electron chi connectivity index (χ4n) is 1.50. The number of carboxylic acids is 1. The highest BCUT2D eigenvalue weighted by Crippen LogP contribution is 2.12. The van der Waals surface area contributed by atoms with Gasteiger partial charge in [-0.2, -0.15) is 0 Å². The summed E-state index contributed by atoms with van der Waals surface area (Å²) in [5, 5.41) is 12.4. The number of azide groups is 1. The fourth-order valence-corrected chi connectivity index (χ4v) is 1.50. The van der Waals surface area contributed by atoms with E-state index in [9.17, 15) is 4.79 Å². The summed E-state index contributed by atoms with van der Waals surface area (Å²) in [6, 6.07) is 9.31. The Bertz CT molecular complexity index is 429. The molecule has 96 valence electrons. The van der Waals surface area contributed by atoms with E-state index in [1.807, 2.05) is 30.3 Å². The van der Waals surface area contributed by atoms with E-state index in [0.29, 0.717) is 0 Å². The Balaban J connectivity index is 2.58. The Labute approximate surface area is 105 Å². The van der Waals surface area contributed by atoms with Crippen molar-refractivity contribution in [2.45, 2.75) is 19.6 Å². The van der Waals surface area contributed by atoms with Crippen LogP contribution >= 0.6 is 0 Å². The van der Waals surface area contributed by atoms with Crippen LogP contribution in [0.15, 0.2) is 35.4 Å². The molecule has 0 aliphatic rings. The van der Waals surface area contributed by atoms with Gasteiger partial charge in [0.05, 0.1) is 6.61 Å².